The van der Waals surface area contributed by atoms with Gasteiger partial charge in [0, 0.05) is 24.2 Å². The molecule has 1 saturated heterocycles. The van der Waals surface area contributed by atoms with Gasteiger partial charge < -0.3 is 9.64 Å². The molecule has 1 amide bonds. The summed E-state index contributed by atoms with van der Waals surface area (Å²) in [5.74, 6) is -0.00750. The van der Waals surface area contributed by atoms with Gasteiger partial charge in [0.25, 0.3) is 0 Å². The molecule has 0 saturated carbocycles. The summed E-state index contributed by atoms with van der Waals surface area (Å²) in [5, 5.41) is 1.77. The average molecular weight is 242 g/mol. The number of ether oxygens (including phenoxy) is 1. The van der Waals surface area contributed by atoms with Gasteiger partial charge in [0.15, 0.2) is 0 Å². The van der Waals surface area contributed by atoms with E-state index in [4.69, 9.17) is 4.74 Å². The third-order valence-corrected chi connectivity index (χ3v) is 3.51. The maximum atomic E-state index is 11.9. The number of morpholine rings is 1. The van der Waals surface area contributed by atoms with E-state index < -0.39 is 0 Å². The molecule has 16 heavy (non-hydrogen) atoms. The summed E-state index contributed by atoms with van der Waals surface area (Å²) >= 11 is 1.13. The summed E-state index contributed by atoms with van der Waals surface area (Å²) in [5.41, 5.74) is 0.844. The zero-order valence-electron chi connectivity index (χ0n) is 9.14. The Hall–Kier alpha value is -1.14. The molecule has 2 rings (SSSR count). The Bertz CT molecular complexity index is 432. The molecule has 0 aliphatic carbocycles. The summed E-state index contributed by atoms with van der Waals surface area (Å²) in [6.07, 6.45) is 0. The van der Waals surface area contributed by atoms with Crippen molar-refractivity contribution >= 4 is 17.2 Å². The first-order valence-corrected chi connectivity index (χ1v) is 6.07. The standard InChI is InChI=1S/C10H14N2O3S/c1-8-7-16-10(14)12(8)6-9(13)11-2-4-15-5-3-11/h7H,2-6H2,1H3. The van der Waals surface area contributed by atoms with Crippen molar-refractivity contribution in [1.82, 2.24) is 9.47 Å². The maximum Gasteiger partial charge on any atom is 0.307 e. The van der Waals surface area contributed by atoms with E-state index in [9.17, 15) is 9.59 Å². The number of thiazole rings is 1. The predicted molar refractivity (Wildman–Crippen MR) is 60.7 cm³/mol. The molecular weight excluding hydrogens is 228 g/mol. The van der Waals surface area contributed by atoms with E-state index in [1.807, 2.05) is 6.92 Å². The van der Waals surface area contributed by atoms with Crippen LogP contribution in [0.3, 0.4) is 0 Å². The Balaban J connectivity index is 2.04. The van der Waals surface area contributed by atoms with Crippen LogP contribution in [0.25, 0.3) is 0 Å². The van der Waals surface area contributed by atoms with Gasteiger partial charge in [0.2, 0.25) is 5.91 Å². The van der Waals surface area contributed by atoms with Gasteiger partial charge in [-0.3, -0.25) is 14.2 Å². The van der Waals surface area contributed by atoms with Crippen LogP contribution in [0.15, 0.2) is 10.2 Å². The third kappa shape index (κ3) is 2.33. The zero-order chi connectivity index (χ0) is 11.5. The molecule has 2 heterocycles. The highest BCUT2D eigenvalue weighted by atomic mass is 32.1. The molecule has 1 aliphatic rings. The summed E-state index contributed by atoms with van der Waals surface area (Å²) in [6, 6.07) is 0. The van der Waals surface area contributed by atoms with E-state index in [0.717, 1.165) is 17.0 Å². The highest BCUT2D eigenvalue weighted by Crippen LogP contribution is 2.03. The highest BCUT2D eigenvalue weighted by molar-refractivity contribution is 7.07. The number of nitrogens with zero attached hydrogens (tertiary/aromatic N) is 2. The molecule has 0 bridgehead atoms. The minimum Gasteiger partial charge on any atom is -0.378 e. The lowest BCUT2D eigenvalue weighted by Gasteiger charge is -2.26. The molecule has 0 N–H and O–H groups in total. The van der Waals surface area contributed by atoms with Crippen molar-refractivity contribution in [3.8, 4) is 0 Å². The lowest BCUT2D eigenvalue weighted by Crippen LogP contribution is -2.43. The van der Waals surface area contributed by atoms with Crippen molar-refractivity contribution in [2.75, 3.05) is 26.3 Å². The molecule has 0 atom stereocenters. The smallest absolute Gasteiger partial charge is 0.307 e. The Labute approximate surface area is 97.2 Å². The zero-order valence-corrected chi connectivity index (χ0v) is 9.96. The van der Waals surface area contributed by atoms with Crippen LogP contribution >= 0.6 is 11.3 Å². The van der Waals surface area contributed by atoms with Gasteiger partial charge in [0.05, 0.1) is 13.2 Å². The number of hydrogen-bond acceptors (Lipinski definition) is 4. The van der Waals surface area contributed by atoms with Crippen molar-refractivity contribution < 1.29 is 9.53 Å². The number of aryl methyl sites for hydroxylation is 1. The van der Waals surface area contributed by atoms with Crippen LogP contribution < -0.4 is 4.87 Å². The average Bonchev–Trinajstić information content (AvgIpc) is 2.62. The van der Waals surface area contributed by atoms with E-state index in [1.165, 1.54) is 4.57 Å². The van der Waals surface area contributed by atoms with Gasteiger partial charge in [-0.1, -0.05) is 11.3 Å². The van der Waals surface area contributed by atoms with E-state index in [-0.39, 0.29) is 17.3 Å². The minimum absolute atomic E-state index is 0.00750. The van der Waals surface area contributed by atoms with E-state index >= 15 is 0 Å². The molecule has 0 aromatic carbocycles. The fourth-order valence-electron chi connectivity index (χ4n) is 1.64. The summed E-state index contributed by atoms with van der Waals surface area (Å²) in [7, 11) is 0. The monoisotopic (exact) mass is 242 g/mol. The predicted octanol–water partition coefficient (Wildman–Crippen LogP) is 0.0770. The molecular formula is C10H14N2O3S. The SMILES string of the molecule is Cc1csc(=O)n1CC(=O)N1CCOCC1. The molecule has 1 aliphatic heterocycles. The Morgan fingerprint density at radius 2 is 2.19 bits per heavy atom. The van der Waals surface area contributed by atoms with Gasteiger partial charge in [-0.25, -0.2) is 0 Å². The summed E-state index contributed by atoms with van der Waals surface area (Å²) < 4.78 is 6.69. The molecule has 0 unspecified atom stereocenters. The van der Waals surface area contributed by atoms with Crippen molar-refractivity contribution in [2.45, 2.75) is 13.5 Å². The van der Waals surface area contributed by atoms with Crippen molar-refractivity contribution in [3.63, 3.8) is 0 Å². The van der Waals surface area contributed by atoms with Crippen molar-refractivity contribution in [3.05, 3.63) is 20.7 Å². The summed E-state index contributed by atoms with van der Waals surface area (Å²) in [4.78, 5) is 25.0. The van der Waals surface area contributed by atoms with Crippen LogP contribution in [0.5, 0.6) is 0 Å². The number of hydrogen-bond donors (Lipinski definition) is 0. The van der Waals surface area contributed by atoms with Crippen molar-refractivity contribution in [1.29, 1.82) is 0 Å². The molecule has 1 aromatic rings. The minimum atomic E-state index is -0.0703. The highest BCUT2D eigenvalue weighted by Gasteiger charge is 2.18. The van der Waals surface area contributed by atoms with Crippen molar-refractivity contribution in [2.24, 2.45) is 0 Å². The lowest BCUT2D eigenvalue weighted by atomic mass is 10.4. The fourth-order valence-corrected chi connectivity index (χ4v) is 2.38. The Morgan fingerprint density at radius 3 is 2.75 bits per heavy atom. The number of carbonyl (C=O) groups is 1. The third-order valence-electron chi connectivity index (χ3n) is 2.63. The number of carbonyl (C=O) groups excluding carboxylic acids is 1. The van der Waals surface area contributed by atoms with Gasteiger partial charge in [-0.15, -0.1) is 0 Å². The van der Waals surface area contributed by atoms with Crippen LogP contribution in [-0.4, -0.2) is 41.7 Å². The van der Waals surface area contributed by atoms with Crippen LogP contribution in [0, 0.1) is 6.92 Å². The number of amides is 1. The van der Waals surface area contributed by atoms with Gasteiger partial charge >= 0.3 is 4.87 Å². The van der Waals surface area contributed by atoms with Crippen LogP contribution in [0.1, 0.15) is 5.69 Å². The van der Waals surface area contributed by atoms with Crippen LogP contribution in [0.2, 0.25) is 0 Å². The molecule has 1 fully saturated rings. The topological polar surface area (TPSA) is 51.5 Å². The molecule has 0 spiro atoms. The quantitative estimate of drug-likeness (QED) is 0.738. The largest absolute Gasteiger partial charge is 0.378 e. The number of aromatic nitrogens is 1. The molecule has 5 nitrogen and oxygen atoms in total. The molecule has 88 valence electrons. The molecule has 0 radical (unpaired) electrons. The first-order chi connectivity index (χ1) is 7.68. The normalized spacial score (nSPS) is 16.4. The lowest BCUT2D eigenvalue weighted by molar-refractivity contribution is -0.135. The van der Waals surface area contributed by atoms with E-state index in [1.54, 1.807) is 10.3 Å². The first kappa shape index (κ1) is 11.3. The second kappa shape index (κ2) is 4.80. The van der Waals surface area contributed by atoms with Gasteiger partial charge in [0.1, 0.15) is 6.54 Å². The summed E-state index contributed by atoms with van der Waals surface area (Å²) in [6.45, 7) is 4.40. The van der Waals surface area contributed by atoms with Gasteiger partial charge in [-0.2, -0.15) is 0 Å². The molecule has 1 aromatic heterocycles. The van der Waals surface area contributed by atoms with E-state index in [2.05, 4.69) is 0 Å². The van der Waals surface area contributed by atoms with Crippen LogP contribution in [0.4, 0.5) is 0 Å². The molecule has 6 heteroatoms. The van der Waals surface area contributed by atoms with E-state index in [0.29, 0.717) is 26.3 Å². The maximum absolute atomic E-state index is 11.9. The second-order valence-corrected chi connectivity index (χ2v) is 4.54. The second-order valence-electron chi connectivity index (χ2n) is 3.72. The fraction of sp³-hybridized carbons (Fsp3) is 0.600. The van der Waals surface area contributed by atoms with Crippen LogP contribution in [-0.2, 0) is 16.1 Å². The Kier molecular flexibility index (Phi) is 3.40. The number of rotatable bonds is 2. The first-order valence-electron chi connectivity index (χ1n) is 5.19. The Morgan fingerprint density at radius 1 is 1.50 bits per heavy atom. The van der Waals surface area contributed by atoms with Gasteiger partial charge in [-0.05, 0) is 6.92 Å².